The summed E-state index contributed by atoms with van der Waals surface area (Å²) in [5, 5.41) is 3.56. The number of hydrogen-bond donors (Lipinski definition) is 1. The minimum Gasteiger partial charge on any atom is -0.314 e. The van der Waals surface area contributed by atoms with Gasteiger partial charge in [-0.15, -0.1) is 6.42 Å². The molecule has 4 unspecified atom stereocenters. The Bertz CT molecular complexity index is 231. The van der Waals surface area contributed by atoms with Crippen molar-refractivity contribution in [2.75, 3.05) is 13.1 Å². The summed E-state index contributed by atoms with van der Waals surface area (Å²) in [5.41, 5.74) is 0. The maximum atomic E-state index is 5.50. The van der Waals surface area contributed by atoms with Gasteiger partial charge in [-0.1, -0.05) is 19.8 Å². The van der Waals surface area contributed by atoms with Gasteiger partial charge in [-0.3, -0.25) is 4.90 Å². The zero-order chi connectivity index (χ0) is 11.4. The second-order valence-electron chi connectivity index (χ2n) is 4.63. The topological polar surface area (TPSA) is 15.3 Å². The Morgan fingerprint density at radius 3 is 2.73 bits per heavy atom. The van der Waals surface area contributed by atoms with Gasteiger partial charge in [0.15, 0.2) is 0 Å². The minimum absolute atomic E-state index is 0.269. The summed E-state index contributed by atoms with van der Waals surface area (Å²) in [6, 6.07) is 1.50. The number of rotatable bonds is 3. The Balaban J connectivity index is 2.61. The molecule has 0 saturated carbocycles. The molecule has 0 aromatic carbocycles. The molecule has 2 nitrogen and oxygen atoms in total. The zero-order valence-corrected chi connectivity index (χ0v) is 10.5. The third-order valence-electron chi connectivity index (χ3n) is 3.82. The fraction of sp³-hybridized carbons (Fsp3) is 0.846. The van der Waals surface area contributed by atoms with Crippen molar-refractivity contribution in [3.63, 3.8) is 0 Å². The normalized spacial score (nSPS) is 34.7. The van der Waals surface area contributed by atoms with E-state index < -0.39 is 0 Å². The first kappa shape index (κ1) is 12.5. The molecule has 15 heavy (non-hydrogen) atoms. The molecule has 1 aliphatic rings. The quantitative estimate of drug-likeness (QED) is 0.710. The monoisotopic (exact) mass is 208 g/mol. The van der Waals surface area contributed by atoms with Crippen molar-refractivity contribution < 1.29 is 0 Å². The summed E-state index contributed by atoms with van der Waals surface area (Å²) in [6.07, 6.45) is 6.71. The van der Waals surface area contributed by atoms with Crippen LogP contribution in [0, 0.1) is 18.3 Å². The molecule has 0 aliphatic carbocycles. The van der Waals surface area contributed by atoms with Crippen LogP contribution in [0.25, 0.3) is 0 Å². The van der Waals surface area contributed by atoms with E-state index in [1.165, 1.54) is 6.42 Å². The van der Waals surface area contributed by atoms with Crippen molar-refractivity contribution >= 4 is 0 Å². The van der Waals surface area contributed by atoms with Crippen molar-refractivity contribution in [2.24, 2.45) is 5.92 Å². The molecule has 1 heterocycles. The van der Waals surface area contributed by atoms with Crippen LogP contribution in [0.4, 0.5) is 0 Å². The smallest absolute Gasteiger partial charge is 0.0685 e. The molecule has 4 atom stereocenters. The fourth-order valence-corrected chi connectivity index (χ4v) is 2.59. The summed E-state index contributed by atoms with van der Waals surface area (Å²) in [5.74, 6) is 3.51. The Labute approximate surface area is 94.4 Å². The lowest BCUT2D eigenvalue weighted by Gasteiger charge is -2.44. The second-order valence-corrected chi connectivity index (χ2v) is 4.63. The van der Waals surface area contributed by atoms with Crippen molar-refractivity contribution in [3.8, 4) is 12.3 Å². The molecule has 2 heteroatoms. The van der Waals surface area contributed by atoms with E-state index in [-0.39, 0.29) is 6.04 Å². The number of piperidine rings is 1. The van der Waals surface area contributed by atoms with Gasteiger partial charge in [0.1, 0.15) is 0 Å². The number of likely N-dealkylation sites (tertiary alicyclic amines) is 1. The van der Waals surface area contributed by atoms with Crippen LogP contribution in [-0.2, 0) is 0 Å². The molecule has 0 amide bonds. The summed E-state index contributed by atoms with van der Waals surface area (Å²) in [7, 11) is 0. The van der Waals surface area contributed by atoms with Gasteiger partial charge in [0.2, 0.25) is 0 Å². The molecule has 0 bridgehead atoms. The molecule has 0 radical (unpaired) electrons. The van der Waals surface area contributed by atoms with Gasteiger partial charge in [0.25, 0.3) is 0 Å². The van der Waals surface area contributed by atoms with Crippen LogP contribution in [0.15, 0.2) is 0 Å². The highest BCUT2D eigenvalue weighted by molar-refractivity contribution is 5.01. The standard InChI is InChI=1S/C13H24N2/c1-6-10(3)15-9-8-13(14-7-2)11(4)12(15)5/h1,10-14H,7-9H2,2-5H3. The predicted molar refractivity (Wildman–Crippen MR) is 65.7 cm³/mol. The van der Waals surface area contributed by atoms with Gasteiger partial charge < -0.3 is 5.32 Å². The Hall–Kier alpha value is -0.520. The molecule has 1 saturated heterocycles. The maximum Gasteiger partial charge on any atom is 0.0685 e. The van der Waals surface area contributed by atoms with Crippen LogP contribution in [0.1, 0.15) is 34.1 Å². The molecule has 0 aromatic heterocycles. The first-order valence-electron chi connectivity index (χ1n) is 6.07. The van der Waals surface area contributed by atoms with E-state index in [0.29, 0.717) is 18.0 Å². The summed E-state index contributed by atoms with van der Waals surface area (Å²) in [6.45, 7) is 11.1. The van der Waals surface area contributed by atoms with Crippen molar-refractivity contribution in [1.29, 1.82) is 0 Å². The van der Waals surface area contributed by atoms with Gasteiger partial charge in [-0.25, -0.2) is 0 Å². The van der Waals surface area contributed by atoms with E-state index >= 15 is 0 Å². The van der Waals surface area contributed by atoms with E-state index in [4.69, 9.17) is 6.42 Å². The molecule has 0 spiro atoms. The van der Waals surface area contributed by atoms with Gasteiger partial charge in [-0.2, -0.15) is 0 Å². The van der Waals surface area contributed by atoms with E-state index in [0.717, 1.165) is 13.1 Å². The first-order chi connectivity index (χ1) is 7.11. The van der Waals surface area contributed by atoms with Crippen molar-refractivity contribution in [3.05, 3.63) is 0 Å². The SMILES string of the molecule is C#CC(C)N1CCC(NCC)C(C)C1C. The molecule has 1 rings (SSSR count). The maximum absolute atomic E-state index is 5.50. The van der Waals surface area contributed by atoms with Crippen LogP contribution >= 0.6 is 0 Å². The van der Waals surface area contributed by atoms with Crippen LogP contribution in [-0.4, -0.2) is 36.1 Å². The van der Waals surface area contributed by atoms with E-state index in [2.05, 4.69) is 43.8 Å². The molecule has 1 aliphatic heterocycles. The highest BCUT2D eigenvalue weighted by Gasteiger charge is 2.33. The van der Waals surface area contributed by atoms with Gasteiger partial charge in [0, 0.05) is 18.6 Å². The summed E-state index contributed by atoms with van der Waals surface area (Å²) < 4.78 is 0. The third-order valence-corrected chi connectivity index (χ3v) is 3.82. The van der Waals surface area contributed by atoms with Gasteiger partial charge >= 0.3 is 0 Å². The van der Waals surface area contributed by atoms with Gasteiger partial charge in [0.05, 0.1) is 6.04 Å². The molecule has 0 aromatic rings. The van der Waals surface area contributed by atoms with Crippen LogP contribution in [0.5, 0.6) is 0 Å². The number of hydrogen-bond acceptors (Lipinski definition) is 2. The van der Waals surface area contributed by atoms with E-state index in [1.807, 2.05) is 0 Å². The first-order valence-corrected chi connectivity index (χ1v) is 6.07. The number of nitrogens with one attached hydrogen (secondary N) is 1. The lowest BCUT2D eigenvalue weighted by molar-refractivity contribution is 0.0715. The number of nitrogens with zero attached hydrogens (tertiary/aromatic N) is 1. The molecular formula is C13H24N2. The largest absolute Gasteiger partial charge is 0.314 e. The fourth-order valence-electron chi connectivity index (χ4n) is 2.59. The molecule has 1 fully saturated rings. The summed E-state index contributed by atoms with van der Waals surface area (Å²) >= 11 is 0. The number of terminal acetylenes is 1. The molecular weight excluding hydrogens is 184 g/mol. The van der Waals surface area contributed by atoms with E-state index in [9.17, 15) is 0 Å². The Morgan fingerprint density at radius 1 is 1.53 bits per heavy atom. The van der Waals surface area contributed by atoms with Crippen LogP contribution in [0.2, 0.25) is 0 Å². The highest BCUT2D eigenvalue weighted by atomic mass is 15.2. The predicted octanol–water partition coefficient (Wildman–Crippen LogP) is 1.72. The lowest BCUT2D eigenvalue weighted by atomic mass is 9.86. The van der Waals surface area contributed by atoms with Crippen molar-refractivity contribution in [2.45, 2.75) is 52.2 Å². The van der Waals surface area contributed by atoms with Crippen molar-refractivity contribution in [1.82, 2.24) is 10.2 Å². The Kier molecular flexibility index (Phi) is 4.63. The summed E-state index contributed by atoms with van der Waals surface area (Å²) in [4.78, 5) is 2.44. The average molecular weight is 208 g/mol. The highest BCUT2D eigenvalue weighted by Crippen LogP contribution is 2.25. The minimum atomic E-state index is 0.269. The zero-order valence-electron chi connectivity index (χ0n) is 10.5. The van der Waals surface area contributed by atoms with Gasteiger partial charge in [-0.05, 0) is 32.7 Å². The van der Waals surface area contributed by atoms with Crippen LogP contribution < -0.4 is 5.32 Å². The van der Waals surface area contributed by atoms with Crippen LogP contribution in [0.3, 0.4) is 0 Å². The second kappa shape index (κ2) is 5.53. The Morgan fingerprint density at radius 2 is 2.20 bits per heavy atom. The third kappa shape index (κ3) is 2.74. The lowest BCUT2D eigenvalue weighted by Crippen LogP contribution is -2.55. The molecule has 1 N–H and O–H groups in total. The molecule has 86 valence electrons. The average Bonchev–Trinajstić information content (AvgIpc) is 2.24. The van der Waals surface area contributed by atoms with E-state index in [1.54, 1.807) is 0 Å².